The van der Waals surface area contributed by atoms with Crippen LogP contribution in [0.5, 0.6) is 0 Å². The van der Waals surface area contributed by atoms with Gasteiger partial charge in [-0.05, 0) is 210 Å². The molecule has 2 rings (SSSR count). The number of hydrogen-bond acceptors (Lipinski definition) is 4. The van der Waals surface area contributed by atoms with E-state index in [1.54, 1.807) is 55.4 Å². The lowest BCUT2D eigenvalue weighted by atomic mass is 9.81. The van der Waals surface area contributed by atoms with Crippen LogP contribution in [-0.4, -0.2) is 44.3 Å². The molecule has 0 aliphatic carbocycles. The van der Waals surface area contributed by atoms with E-state index >= 15 is 0 Å². The molecule has 4 N–H and O–H groups in total. The number of aliphatic carboxylic acids is 4. The number of rotatable bonds is 30. The Labute approximate surface area is 363 Å². The number of hydrogen-bond donors (Lipinski definition) is 4. The van der Waals surface area contributed by atoms with Crippen LogP contribution in [0.2, 0.25) is 0 Å². The zero-order valence-corrected chi connectivity index (χ0v) is 39.5. The van der Waals surface area contributed by atoms with Crippen LogP contribution in [-0.2, 0) is 51.3 Å². The molecule has 60 heavy (non-hydrogen) atoms. The number of unbranched alkanes of at least 4 members (excludes halogenated alkanes) is 8. The Kier molecular flexibility index (Phi) is 20.6. The molecule has 0 bridgehead atoms. The van der Waals surface area contributed by atoms with E-state index < -0.39 is 45.5 Å². The highest BCUT2D eigenvalue weighted by Crippen LogP contribution is 2.34. The minimum Gasteiger partial charge on any atom is -0.481 e. The summed E-state index contributed by atoms with van der Waals surface area (Å²) in [5.74, 6) is -3.01. The first-order valence-corrected chi connectivity index (χ1v) is 23.0. The van der Waals surface area contributed by atoms with Crippen LogP contribution in [0.15, 0.2) is 18.2 Å². The van der Waals surface area contributed by atoms with Gasteiger partial charge < -0.3 is 20.4 Å². The summed E-state index contributed by atoms with van der Waals surface area (Å²) in [5.41, 5.74) is 9.26. The molecular weight excluding hydrogens is 753 g/mol. The molecule has 0 heterocycles. The molecule has 0 radical (unpaired) electrons. The summed E-state index contributed by atoms with van der Waals surface area (Å²) in [5, 5.41) is 38.4. The van der Waals surface area contributed by atoms with Crippen molar-refractivity contribution >= 4 is 23.9 Å². The first-order valence-electron chi connectivity index (χ1n) is 23.0. The summed E-state index contributed by atoms with van der Waals surface area (Å²) in [4.78, 5) is 46.8. The average molecular weight is 835 g/mol. The highest BCUT2D eigenvalue weighted by atomic mass is 16.4. The normalized spacial score (nSPS) is 12.5. The van der Waals surface area contributed by atoms with Crippen molar-refractivity contribution in [3.63, 3.8) is 0 Å². The van der Waals surface area contributed by atoms with Crippen LogP contribution in [0.1, 0.15) is 208 Å². The second-order valence-corrected chi connectivity index (χ2v) is 20.6. The molecule has 8 nitrogen and oxygen atoms in total. The van der Waals surface area contributed by atoms with E-state index in [1.165, 1.54) is 50.1 Å². The van der Waals surface area contributed by atoms with Crippen molar-refractivity contribution in [2.24, 2.45) is 21.7 Å². The van der Waals surface area contributed by atoms with Crippen molar-refractivity contribution in [3.05, 3.63) is 68.3 Å². The standard InChI is InChI=1S/C52H82O8/c1-36-34-41(26-18-14-22-32-51(8,9)47(57)58)38(3)44(42(36)27-19-15-23-33-52(10,11)48(59)60)35-43-37(2)39(24-16-12-20-30-49(4,5)45(53)54)28-29-40(43)25-17-13-21-31-50(6,7)46(55)56/h28-29,34H,12-27,30-33,35H2,1-11H3,(H,53,54)(H,55,56)(H,57,58)(H,59,60). The first-order chi connectivity index (χ1) is 27.8. The summed E-state index contributed by atoms with van der Waals surface area (Å²) >= 11 is 0. The van der Waals surface area contributed by atoms with Gasteiger partial charge in [0.15, 0.2) is 0 Å². The fraction of sp³-hybridized carbons (Fsp3) is 0.692. The maximum atomic E-state index is 11.7. The smallest absolute Gasteiger partial charge is 0.309 e. The van der Waals surface area contributed by atoms with Crippen molar-refractivity contribution in [1.82, 2.24) is 0 Å². The monoisotopic (exact) mass is 835 g/mol. The molecule has 2 aromatic carbocycles. The Hall–Kier alpha value is -3.68. The van der Waals surface area contributed by atoms with Gasteiger partial charge in [-0.25, -0.2) is 0 Å². The lowest BCUT2D eigenvalue weighted by molar-refractivity contribution is -0.148. The van der Waals surface area contributed by atoms with Crippen molar-refractivity contribution in [2.75, 3.05) is 0 Å². The molecule has 0 saturated heterocycles. The highest BCUT2D eigenvalue weighted by molar-refractivity contribution is 5.74. The van der Waals surface area contributed by atoms with E-state index in [2.05, 4.69) is 39.0 Å². The SMILES string of the molecule is Cc1cc(CCCCCC(C)(C)C(=O)O)c(C)c(Cc2c(CCCCCC(C)(C)C(=O)O)ccc(CCCCCC(C)(C)C(=O)O)c2C)c1CCCCCC(C)(C)C(=O)O. The lowest BCUT2D eigenvalue weighted by Gasteiger charge is -2.24. The van der Waals surface area contributed by atoms with E-state index in [9.17, 15) is 39.6 Å². The maximum absolute atomic E-state index is 11.7. The first kappa shape index (κ1) is 52.5. The molecule has 0 amide bonds. The minimum absolute atomic E-state index is 0.649. The second-order valence-electron chi connectivity index (χ2n) is 20.6. The molecule has 0 spiro atoms. The predicted molar refractivity (Wildman–Crippen MR) is 244 cm³/mol. The van der Waals surface area contributed by atoms with E-state index in [0.717, 1.165) is 109 Å². The largest absolute Gasteiger partial charge is 0.481 e. The van der Waals surface area contributed by atoms with Crippen LogP contribution in [0.3, 0.4) is 0 Å². The average Bonchev–Trinajstić information content (AvgIpc) is 3.15. The van der Waals surface area contributed by atoms with Gasteiger partial charge in [-0.2, -0.15) is 0 Å². The number of carboxylic acids is 4. The fourth-order valence-electron chi connectivity index (χ4n) is 8.40. The van der Waals surface area contributed by atoms with Crippen molar-refractivity contribution in [2.45, 2.75) is 211 Å². The number of carbonyl (C=O) groups is 4. The minimum atomic E-state index is -0.753. The van der Waals surface area contributed by atoms with Gasteiger partial charge in [0, 0.05) is 0 Å². The van der Waals surface area contributed by atoms with Crippen LogP contribution in [0, 0.1) is 42.4 Å². The van der Waals surface area contributed by atoms with Gasteiger partial charge in [-0.1, -0.05) is 69.6 Å². The third-order valence-corrected chi connectivity index (χ3v) is 13.6. The molecule has 0 unspecified atom stereocenters. The number of aryl methyl sites for hydroxylation is 4. The summed E-state index contributed by atoms with van der Waals surface area (Å²) < 4.78 is 0. The molecule has 8 heteroatoms. The van der Waals surface area contributed by atoms with Gasteiger partial charge in [-0.15, -0.1) is 0 Å². The number of benzene rings is 2. The number of carboxylic acid groups (broad SMARTS) is 4. The Morgan fingerprint density at radius 2 is 0.717 bits per heavy atom. The van der Waals surface area contributed by atoms with E-state index in [1.807, 2.05) is 0 Å². The molecule has 2 aromatic rings. The topological polar surface area (TPSA) is 149 Å². The van der Waals surface area contributed by atoms with Gasteiger partial charge >= 0.3 is 23.9 Å². The molecule has 0 aromatic heterocycles. The van der Waals surface area contributed by atoms with Crippen molar-refractivity contribution in [1.29, 1.82) is 0 Å². The maximum Gasteiger partial charge on any atom is 0.309 e. The van der Waals surface area contributed by atoms with Gasteiger partial charge in [0.1, 0.15) is 0 Å². The second kappa shape index (κ2) is 23.5. The molecule has 0 aliphatic heterocycles. The Balaban J connectivity index is 2.49. The van der Waals surface area contributed by atoms with Gasteiger partial charge in [0.25, 0.3) is 0 Å². The summed E-state index contributed by atoms with van der Waals surface area (Å²) in [6.45, 7) is 21.2. The van der Waals surface area contributed by atoms with Crippen LogP contribution < -0.4 is 0 Å². The molecular formula is C52H82O8. The Morgan fingerprint density at radius 3 is 1.10 bits per heavy atom. The molecule has 0 aliphatic rings. The van der Waals surface area contributed by atoms with Gasteiger partial charge in [0.2, 0.25) is 0 Å². The fourth-order valence-corrected chi connectivity index (χ4v) is 8.40. The third kappa shape index (κ3) is 16.3. The molecule has 0 saturated carbocycles. The van der Waals surface area contributed by atoms with E-state index in [4.69, 9.17) is 0 Å². The molecule has 0 atom stereocenters. The zero-order valence-electron chi connectivity index (χ0n) is 39.5. The quantitative estimate of drug-likeness (QED) is 0.0568. The van der Waals surface area contributed by atoms with Crippen molar-refractivity contribution < 1.29 is 39.6 Å². The van der Waals surface area contributed by atoms with Gasteiger partial charge in [0.05, 0.1) is 21.7 Å². The van der Waals surface area contributed by atoms with E-state index in [0.29, 0.717) is 25.7 Å². The lowest BCUT2D eigenvalue weighted by Crippen LogP contribution is -2.23. The third-order valence-electron chi connectivity index (χ3n) is 13.6. The van der Waals surface area contributed by atoms with Crippen LogP contribution in [0.4, 0.5) is 0 Å². The Bertz CT molecular complexity index is 1740. The van der Waals surface area contributed by atoms with E-state index in [-0.39, 0.29) is 0 Å². The zero-order chi connectivity index (χ0) is 45.5. The predicted octanol–water partition coefficient (Wildman–Crippen LogP) is 13.1. The van der Waals surface area contributed by atoms with Crippen LogP contribution in [0.25, 0.3) is 0 Å². The summed E-state index contributed by atoms with van der Waals surface area (Å²) in [6, 6.07) is 6.99. The highest BCUT2D eigenvalue weighted by Gasteiger charge is 2.29. The summed E-state index contributed by atoms with van der Waals surface area (Å²) in [6.07, 6.45) is 18.5. The summed E-state index contributed by atoms with van der Waals surface area (Å²) in [7, 11) is 0. The molecule has 338 valence electrons. The van der Waals surface area contributed by atoms with Gasteiger partial charge in [-0.3, -0.25) is 19.2 Å². The van der Waals surface area contributed by atoms with Crippen molar-refractivity contribution in [3.8, 4) is 0 Å². The molecule has 0 fully saturated rings. The van der Waals surface area contributed by atoms with Crippen LogP contribution >= 0.6 is 0 Å². The Morgan fingerprint density at radius 1 is 0.400 bits per heavy atom.